The summed E-state index contributed by atoms with van der Waals surface area (Å²) < 4.78 is 0. The number of carbonyl (C=O) groups excluding carboxylic acids is 1. The number of H-pyrrole nitrogens is 1. The normalized spacial score (nSPS) is 16.0. The van der Waals surface area contributed by atoms with E-state index in [0.29, 0.717) is 0 Å². The van der Waals surface area contributed by atoms with Crippen molar-refractivity contribution in [2.75, 3.05) is 26.2 Å². The summed E-state index contributed by atoms with van der Waals surface area (Å²) in [6.45, 7) is 6.11. The molecule has 1 aromatic carbocycles. The van der Waals surface area contributed by atoms with Crippen molar-refractivity contribution in [3.63, 3.8) is 0 Å². The number of imidazole rings is 1. The Morgan fingerprint density at radius 2 is 2.00 bits per heavy atom. The lowest BCUT2D eigenvalue weighted by Crippen LogP contribution is -2.48. The molecule has 3 aromatic rings. The Balaban J connectivity index is 1.37. The first-order valence-corrected chi connectivity index (χ1v) is 9.13. The van der Waals surface area contributed by atoms with Crippen LogP contribution in [0.25, 0.3) is 11.0 Å². The molecule has 0 spiro atoms. The van der Waals surface area contributed by atoms with Crippen LogP contribution in [0, 0.1) is 6.92 Å². The molecule has 0 bridgehead atoms. The van der Waals surface area contributed by atoms with Crippen LogP contribution in [-0.2, 0) is 6.54 Å². The number of para-hydroxylation sites is 2. The molecule has 124 valence electrons. The van der Waals surface area contributed by atoms with Gasteiger partial charge in [0, 0.05) is 31.6 Å². The van der Waals surface area contributed by atoms with E-state index in [9.17, 15) is 4.79 Å². The van der Waals surface area contributed by atoms with Gasteiger partial charge in [-0.15, -0.1) is 0 Å². The summed E-state index contributed by atoms with van der Waals surface area (Å²) in [5, 5.41) is 3.99. The summed E-state index contributed by atoms with van der Waals surface area (Å²) in [4.78, 5) is 24.9. The monoisotopic (exact) mass is 340 g/mol. The average molecular weight is 340 g/mol. The lowest BCUT2D eigenvalue weighted by molar-refractivity contribution is 0.0626. The minimum Gasteiger partial charge on any atom is -0.341 e. The van der Waals surface area contributed by atoms with Crippen molar-refractivity contribution in [3.05, 3.63) is 52.0 Å². The lowest BCUT2D eigenvalue weighted by Gasteiger charge is -2.34. The van der Waals surface area contributed by atoms with Crippen LogP contribution in [-0.4, -0.2) is 51.9 Å². The number of nitrogens with one attached hydrogen (secondary N) is 1. The summed E-state index contributed by atoms with van der Waals surface area (Å²) in [6, 6.07) is 8.09. The van der Waals surface area contributed by atoms with Gasteiger partial charge in [0.25, 0.3) is 5.91 Å². The van der Waals surface area contributed by atoms with Gasteiger partial charge in [-0.3, -0.25) is 9.69 Å². The van der Waals surface area contributed by atoms with Crippen molar-refractivity contribution in [2.45, 2.75) is 13.5 Å². The first kappa shape index (κ1) is 15.4. The average Bonchev–Trinajstić information content (AvgIpc) is 3.20. The smallest absolute Gasteiger partial charge is 0.255 e. The summed E-state index contributed by atoms with van der Waals surface area (Å²) in [6.07, 6.45) is 0. The Kier molecular flexibility index (Phi) is 4.08. The second-order valence-electron chi connectivity index (χ2n) is 6.24. The highest BCUT2D eigenvalue weighted by Crippen LogP contribution is 2.18. The van der Waals surface area contributed by atoms with E-state index in [1.54, 1.807) is 11.3 Å². The molecule has 1 saturated heterocycles. The number of benzene rings is 1. The van der Waals surface area contributed by atoms with E-state index in [-0.39, 0.29) is 5.91 Å². The molecule has 0 unspecified atom stereocenters. The van der Waals surface area contributed by atoms with Gasteiger partial charge >= 0.3 is 0 Å². The number of carbonyl (C=O) groups is 1. The summed E-state index contributed by atoms with van der Waals surface area (Å²) in [5.41, 5.74) is 4.02. The van der Waals surface area contributed by atoms with Gasteiger partial charge in [-0.05, 0) is 30.0 Å². The maximum absolute atomic E-state index is 12.6. The highest BCUT2D eigenvalue weighted by Gasteiger charge is 2.23. The highest BCUT2D eigenvalue weighted by molar-refractivity contribution is 7.08. The Morgan fingerprint density at radius 1 is 1.21 bits per heavy atom. The fourth-order valence-corrected chi connectivity index (χ4v) is 3.97. The second kappa shape index (κ2) is 6.37. The van der Waals surface area contributed by atoms with Gasteiger partial charge in [-0.25, -0.2) is 4.98 Å². The van der Waals surface area contributed by atoms with Crippen LogP contribution in [0.15, 0.2) is 35.0 Å². The molecular formula is C18H20N4OS. The fourth-order valence-electron chi connectivity index (χ4n) is 3.15. The zero-order valence-corrected chi connectivity index (χ0v) is 14.5. The van der Waals surface area contributed by atoms with Crippen molar-refractivity contribution in [2.24, 2.45) is 0 Å². The number of fused-ring (bicyclic) bond motifs is 1. The lowest BCUT2D eigenvalue weighted by atomic mass is 10.2. The van der Waals surface area contributed by atoms with Gasteiger partial charge < -0.3 is 9.88 Å². The molecular weight excluding hydrogens is 320 g/mol. The van der Waals surface area contributed by atoms with Crippen LogP contribution in [0.4, 0.5) is 0 Å². The second-order valence-corrected chi connectivity index (χ2v) is 6.98. The van der Waals surface area contributed by atoms with Crippen LogP contribution >= 0.6 is 11.3 Å². The number of rotatable bonds is 3. The van der Waals surface area contributed by atoms with Crippen molar-refractivity contribution in [1.82, 2.24) is 19.8 Å². The number of nitrogens with zero attached hydrogens (tertiary/aromatic N) is 3. The van der Waals surface area contributed by atoms with E-state index in [4.69, 9.17) is 0 Å². The first-order chi connectivity index (χ1) is 11.7. The van der Waals surface area contributed by atoms with Crippen LogP contribution in [0.3, 0.4) is 0 Å². The highest BCUT2D eigenvalue weighted by atomic mass is 32.1. The molecule has 0 aliphatic carbocycles. The van der Waals surface area contributed by atoms with E-state index in [0.717, 1.165) is 60.7 Å². The predicted molar refractivity (Wildman–Crippen MR) is 96.3 cm³/mol. The maximum atomic E-state index is 12.6. The molecule has 1 fully saturated rings. The Morgan fingerprint density at radius 3 is 2.71 bits per heavy atom. The van der Waals surface area contributed by atoms with Crippen molar-refractivity contribution < 1.29 is 4.79 Å². The van der Waals surface area contributed by atoms with Gasteiger partial charge in [0.1, 0.15) is 5.82 Å². The van der Waals surface area contributed by atoms with Crippen LogP contribution < -0.4 is 0 Å². The van der Waals surface area contributed by atoms with Gasteiger partial charge in [0.15, 0.2) is 0 Å². The maximum Gasteiger partial charge on any atom is 0.255 e. The third-order valence-electron chi connectivity index (χ3n) is 4.56. The van der Waals surface area contributed by atoms with Gasteiger partial charge in [0.05, 0.1) is 23.1 Å². The molecule has 1 aliphatic rings. The Labute approximate surface area is 144 Å². The number of thiophene rings is 1. The number of aromatic amines is 1. The number of hydrogen-bond donors (Lipinski definition) is 1. The van der Waals surface area contributed by atoms with E-state index in [2.05, 4.69) is 14.9 Å². The molecule has 0 saturated carbocycles. The zero-order valence-electron chi connectivity index (χ0n) is 13.7. The van der Waals surface area contributed by atoms with Gasteiger partial charge in [-0.1, -0.05) is 12.1 Å². The van der Waals surface area contributed by atoms with Crippen molar-refractivity contribution in [1.29, 1.82) is 0 Å². The third-order valence-corrected chi connectivity index (χ3v) is 5.42. The molecule has 24 heavy (non-hydrogen) atoms. The molecule has 3 heterocycles. The molecule has 0 atom stereocenters. The van der Waals surface area contributed by atoms with Gasteiger partial charge in [0.2, 0.25) is 0 Å². The zero-order chi connectivity index (χ0) is 16.5. The van der Waals surface area contributed by atoms with E-state index < -0.39 is 0 Å². The topological polar surface area (TPSA) is 52.2 Å². The SMILES string of the molecule is Cc1cscc1C(=O)N1CCN(Cc2nc3ccccc3[nH]2)CC1. The largest absolute Gasteiger partial charge is 0.341 e. The fraction of sp³-hybridized carbons (Fsp3) is 0.333. The summed E-state index contributed by atoms with van der Waals surface area (Å²) in [5.74, 6) is 1.15. The van der Waals surface area contributed by atoms with Crippen LogP contribution in [0.5, 0.6) is 0 Å². The molecule has 2 aromatic heterocycles. The minimum atomic E-state index is 0.164. The molecule has 0 radical (unpaired) electrons. The van der Waals surface area contributed by atoms with E-state index in [1.807, 2.05) is 46.8 Å². The van der Waals surface area contributed by atoms with E-state index in [1.165, 1.54) is 0 Å². The standard InChI is InChI=1S/C18H20N4OS/c1-13-11-24-12-14(13)18(23)22-8-6-21(7-9-22)10-17-19-15-4-2-3-5-16(15)20-17/h2-5,11-12H,6-10H2,1H3,(H,19,20). The number of aryl methyl sites for hydroxylation is 1. The minimum absolute atomic E-state index is 0.164. The number of hydrogen-bond acceptors (Lipinski definition) is 4. The number of piperazine rings is 1. The molecule has 4 rings (SSSR count). The Bertz CT molecular complexity index is 828. The number of amides is 1. The predicted octanol–water partition coefficient (Wildman–Crippen LogP) is 2.89. The summed E-state index contributed by atoms with van der Waals surface area (Å²) in [7, 11) is 0. The Hall–Kier alpha value is -2.18. The van der Waals surface area contributed by atoms with Crippen molar-refractivity contribution >= 4 is 28.3 Å². The van der Waals surface area contributed by atoms with E-state index >= 15 is 0 Å². The molecule has 5 nitrogen and oxygen atoms in total. The molecule has 1 amide bonds. The van der Waals surface area contributed by atoms with Gasteiger partial charge in [-0.2, -0.15) is 11.3 Å². The number of aromatic nitrogens is 2. The van der Waals surface area contributed by atoms with Crippen LogP contribution in [0.1, 0.15) is 21.7 Å². The van der Waals surface area contributed by atoms with Crippen LogP contribution in [0.2, 0.25) is 0 Å². The molecule has 6 heteroatoms. The third kappa shape index (κ3) is 2.95. The summed E-state index contributed by atoms with van der Waals surface area (Å²) >= 11 is 1.59. The van der Waals surface area contributed by atoms with Crippen molar-refractivity contribution in [3.8, 4) is 0 Å². The first-order valence-electron chi connectivity index (χ1n) is 8.19. The molecule has 1 aliphatic heterocycles. The quantitative estimate of drug-likeness (QED) is 0.798. The molecule has 1 N–H and O–H groups in total.